The summed E-state index contributed by atoms with van der Waals surface area (Å²) in [5, 5.41) is 0. The van der Waals surface area contributed by atoms with Crippen molar-refractivity contribution >= 4 is 46.1 Å². The zero-order chi connectivity index (χ0) is 14.4. The standard InChI is InChI=1S/C16H12INO2/c17-13-6-8-14(9-7-13)18-11-15(19)10-16(20)12-4-2-1-3-5-12/h1-9,11H,10H2. The maximum atomic E-state index is 11.8. The first-order valence-corrected chi connectivity index (χ1v) is 7.14. The van der Waals surface area contributed by atoms with Crippen molar-refractivity contribution in [2.24, 2.45) is 4.99 Å². The van der Waals surface area contributed by atoms with Crippen LogP contribution in [0.3, 0.4) is 0 Å². The Morgan fingerprint density at radius 3 is 2.30 bits per heavy atom. The lowest BCUT2D eigenvalue weighted by Crippen LogP contribution is -2.08. The fourth-order valence-electron chi connectivity index (χ4n) is 1.60. The quantitative estimate of drug-likeness (QED) is 0.344. The number of nitrogens with zero attached hydrogens (tertiary/aromatic N) is 1. The molecule has 0 saturated carbocycles. The summed E-state index contributed by atoms with van der Waals surface area (Å²) in [7, 11) is 0. The first-order chi connectivity index (χ1) is 9.65. The number of aliphatic imine (C=N–C) groups is 1. The highest BCUT2D eigenvalue weighted by Gasteiger charge is 2.09. The molecule has 0 aliphatic carbocycles. The summed E-state index contributed by atoms with van der Waals surface area (Å²) in [4.78, 5) is 27.6. The molecule has 0 aliphatic rings. The van der Waals surface area contributed by atoms with E-state index in [0.29, 0.717) is 11.3 Å². The van der Waals surface area contributed by atoms with Crippen LogP contribution in [0.2, 0.25) is 0 Å². The highest BCUT2D eigenvalue weighted by Crippen LogP contribution is 2.13. The first-order valence-electron chi connectivity index (χ1n) is 6.06. The molecule has 0 radical (unpaired) electrons. The Labute approximate surface area is 130 Å². The van der Waals surface area contributed by atoms with Crippen LogP contribution in [-0.4, -0.2) is 17.8 Å². The third-order valence-electron chi connectivity index (χ3n) is 2.61. The molecule has 0 unspecified atom stereocenters. The molecule has 0 bridgehead atoms. The van der Waals surface area contributed by atoms with Crippen LogP contribution in [0.25, 0.3) is 0 Å². The van der Waals surface area contributed by atoms with E-state index >= 15 is 0 Å². The van der Waals surface area contributed by atoms with Crippen molar-refractivity contribution < 1.29 is 9.59 Å². The van der Waals surface area contributed by atoms with Gasteiger partial charge < -0.3 is 0 Å². The van der Waals surface area contributed by atoms with Crippen molar-refractivity contribution in [2.45, 2.75) is 6.42 Å². The lowest BCUT2D eigenvalue weighted by Gasteiger charge is -1.97. The molecule has 0 aromatic heterocycles. The van der Waals surface area contributed by atoms with Crippen LogP contribution in [0.5, 0.6) is 0 Å². The van der Waals surface area contributed by atoms with Gasteiger partial charge in [-0.15, -0.1) is 0 Å². The Balaban J connectivity index is 1.96. The zero-order valence-electron chi connectivity index (χ0n) is 10.6. The van der Waals surface area contributed by atoms with Gasteiger partial charge >= 0.3 is 0 Å². The Kier molecular flexibility index (Phi) is 5.17. The predicted octanol–water partition coefficient (Wildman–Crippen LogP) is 3.84. The van der Waals surface area contributed by atoms with Gasteiger partial charge in [-0.3, -0.25) is 14.6 Å². The molecule has 0 amide bonds. The molecule has 20 heavy (non-hydrogen) atoms. The van der Waals surface area contributed by atoms with Gasteiger partial charge in [0.25, 0.3) is 0 Å². The maximum absolute atomic E-state index is 11.8. The van der Waals surface area contributed by atoms with Crippen LogP contribution in [0, 0.1) is 3.57 Å². The Bertz CT molecular complexity index is 633. The Morgan fingerprint density at radius 1 is 1.00 bits per heavy atom. The normalized spacial score (nSPS) is 10.7. The monoisotopic (exact) mass is 377 g/mol. The molecule has 4 heteroatoms. The van der Waals surface area contributed by atoms with Gasteiger partial charge in [0.15, 0.2) is 11.6 Å². The van der Waals surface area contributed by atoms with Crippen LogP contribution >= 0.6 is 22.6 Å². The summed E-state index contributed by atoms with van der Waals surface area (Å²) in [6, 6.07) is 16.2. The van der Waals surface area contributed by atoms with Gasteiger partial charge in [-0.2, -0.15) is 0 Å². The van der Waals surface area contributed by atoms with Crippen LogP contribution in [0.4, 0.5) is 5.69 Å². The van der Waals surface area contributed by atoms with E-state index in [-0.39, 0.29) is 18.0 Å². The second-order valence-corrected chi connectivity index (χ2v) is 5.41. The largest absolute Gasteiger partial charge is 0.294 e. The van der Waals surface area contributed by atoms with Gasteiger partial charge in [-0.1, -0.05) is 30.3 Å². The minimum Gasteiger partial charge on any atom is -0.294 e. The van der Waals surface area contributed by atoms with E-state index in [0.717, 1.165) is 3.57 Å². The number of benzene rings is 2. The number of halogens is 1. The lowest BCUT2D eigenvalue weighted by molar-refractivity contribution is -0.111. The number of carbonyl (C=O) groups is 2. The summed E-state index contributed by atoms with van der Waals surface area (Å²) < 4.78 is 1.10. The Morgan fingerprint density at radius 2 is 1.65 bits per heavy atom. The summed E-state index contributed by atoms with van der Waals surface area (Å²) >= 11 is 2.20. The first kappa shape index (κ1) is 14.6. The molecule has 100 valence electrons. The van der Waals surface area contributed by atoms with Gasteiger partial charge in [0.2, 0.25) is 0 Å². The van der Waals surface area contributed by atoms with Crippen LogP contribution < -0.4 is 0 Å². The third-order valence-corrected chi connectivity index (χ3v) is 3.33. The molecular formula is C16H12INO2. The fraction of sp³-hybridized carbons (Fsp3) is 0.0625. The highest BCUT2D eigenvalue weighted by molar-refractivity contribution is 14.1. The van der Waals surface area contributed by atoms with E-state index in [1.54, 1.807) is 24.3 Å². The summed E-state index contributed by atoms with van der Waals surface area (Å²) in [6.07, 6.45) is 1.06. The van der Waals surface area contributed by atoms with Gasteiger partial charge in [-0.25, -0.2) is 0 Å². The molecule has 0 heterocycles. The summed E-state index contributed by atoms with van der Waals surface area (Å²) in [5.41, 5.74) is 1.24. The molecule has 0 saturated heterocycles. The minimum atomic E-state index is -0.294. The van der Waals surface area contributed by atoms with Crippen molar-refractivity contribution in [3.05, 3.63) is 63.7 Å². The van der Waals surface area contributed by atoms with E-state index in [9.17, 15) is 9.59 Å². The number of hydrogen-bond donors (Lipinski definition) is 0. The molecule has 2 rings (SSSR count). The van der Waals surface area contributed by atoms with Crippen molar-refractivity contribution in [1.82, 2.24) is 0 Å². The van der Waals surface area contributed by atoms with E-state index < -0.39 is 0 Å². The second-order valence-electron chi connectivity index (χ2n) is 4.17. The predicted molar refractivity (Wildman–Crippen MR) is 87.7 cm³/mol. The maximum Gasteiger partial charge on any atom is 0.181 e. The van der Waals surface area contributed by atoms with Crippen molar-refractivity contribution in [2.75, 3.05) is 0 Å². The number of carbonyl (C=O) groups excluding carboxylic acids is 2. The summed E-state index contributed by atoms with van der Waals surface area (Å²) in [6.45, 7) is 0. The molecule has 0 fully saturated rings. The average Bonchev–Trinajstić information content (AvgIpc) is 2.47. The molecule has 0 spiro atoms. The van der Waals surface area contributed by atoms with E-state index in [2.05, 4.69) is 27.6 Å². The minimum absolute atomic E-state index is 0.155. The second kappa shape index (κ2) is 7.09. The topological polar surface area (TPSA) is 46.5 Å². The molecule has 2 aromatic carbocycles. The molecule has 0 N–H and O–H groups in total. The van der Waals surface area contributed by atoms with E-state index in [1.807, 2.05) is 30.3 Å². The average molecular weight is 377 g/mol. The molecular weight excluding hydrogens is 365 g/mol. The van der Waals surface area contributed by atoms with Crippen LogP contribution in [0.1, 0.15) is 16.8 Å². The number of Topliss-reactive ketones (excluding diaryl/α,β-unsaturated/α-hetero) is 2. The number of hydrogen-bond acceptors (Lipinski definition) is 3. The molecule has 3 nitrogen and oxygen atoms in total. The SMILES string of the molecule is O=C(C=Nc1ccc(I)cc1)CC(=O)c1ccccc1. The van der Waals surface area contributed by atoms with Gasteiger partial charge in [0.05, 0.1) is 18.3 Å². The zero-order valence-corrected chi connectivity index (χ0v) is 12.8. The number of ketones is 2. The van der Waals surface area contributed by atoms with Gasteiger partial charge in [0.1, 0.15) is 0 Å². The molecule has 0 atom stereocenters. The van der Waals surface area contributed by atoms with Crippen molar-refractivity contribution in [3.63, 3.8) is 0 Å². The molecule has 0 aliphatic heterocycles. The molecule has 2 aromatic rings. The lowest BCUT2D eigenvalue weighted by atomic mass is 10.1. The van der Waals surface area contributed by atoms with Crippen LogP contribution in [0.15, 0.2) is 59.6 Å². The van der Waals surface area contributed by atoms with Crippen molar-refractivity contribution in [1.29, 1.82) is 0 Å². The van der Waals surface area contributed by atoms with E-state index in [4.69, 9.17) is 0 Å². The van der Waals surface area contributed by atoms with Gasteiger partial charge in [0, 0.05) is 9.13 Å². The Hall–Kier alpha value is -1.82. The number of rotatable bonds is 5. The fourth-order valence-corrected chi connectivity index (χ4v) is 1.96. The third kappa shape index (κ3) is 4.38. The van der Waals surface area contributed by atoms with Gasteiger partial charge in [-0.05, 0) is 46.9 Å². The highest BCUT2D eigenvalue weighted by atomic mass is 127. The smallest absolute Gasteiger partial charge is 0.181 e. The van der Waals surface area contributed by atoms with E-state index in [1.165, 1.54) is 6.21 Å². The summed E-state index contributed by atoms with van der Waals surface area (Å²) in [5.74, 6) is -0.484. The van der Waals surface area contributed by atoms with Crippen LogP contribution in [-0.2, 0) is 4.79 Å². The van der Waals surface area contributed by atoms with Crippen molar-refractivity contribution in [3.8, 4) is 0 Å².